The molecule has 1 fully saturated rings. The number of benzene rings is 3. The zero-order chi connectivity index (χ0) is 25.5. The van der Waals surface area contributed by atoms with E-state index in [1.165, 1.54) is 0 Å². The molecule has 8 nitrogen and oxygen atoms in total. The van der Waals surface area contributed by atoms with E-state index in [0.717, 1.165) is 21.7 Å². The molecule has 0 bridgehead atoms. The normalized spacial score (nSPS) is 15.0. The van der Waals surface area contributed by atoms with E-state index in [0.29, 0.717) is 5.69 Å². The van der Waals surface area contributed by atoms with Crippen molar-refractivity contribution in [2.75, 3.05) is 18.5 Å². The lowest BCUT2D eigenvalue weighted by molar-refractivity contribution is -0.151. The second kappa shape index (κ2) is 11.3. The molecule has 4 rings (SSSR count). The molecule has 0 radical (unpaired) electrons. The van der Waals surface area contributed by atoms with Crippen LogP contribution >= 0.6 is 0 Å². The van der Waals surface area contributed by atoms with Gasteiger partial charge in [0.15, 0.2) is 6.61 Å². The van der Waals surface area contributed by atoms with E-state index in [1.54, 1.807) is 12.1 Å². The molecule has 0 saturated carbocycles. The Morgan fingerprint density at radius 1 is 0.944 bits per heavy atom. The summed E-state index contributed by atoms with van der Waals surface area (Å²) in [6.07, 6.45) is -0.111. The van der Waals surface area contributed by atoms with Gasteiger partial charge in [-0.1, -0.05) is 72.8 Å². The van der Waals surface area contributed by atoms with Crippen molar-refractivity contribution in [1.82, 2.24) is 10.4 Å². The van der Waals surface area contributed by atoms with Crippen molar-refractivity contribution in [3.05, 3.63) is 102 Å². The fourth-order valence-electron chi connectivity index (χ4n) is 4.13. The van der Waals surface area contributed by atoms with Crippen molar-refractivity contribution >= 4 is 29.4 Å². The number of ether oxygens (including phenoxy) is 1. The quantitative estimate of drug-likeness (QED) is 0.477. The maximum absolute atomic E-state index is 13.3. The van der Waals surface area contributed by atoms with Crippen LogP contribution in [0.1, 0.15) is 29.0 Å². The molecule has 1 heterocycles. The van der Waals surface area contributed by atoms with E-state index in [9.17, 15) is 19.2 Å². The highest BCUT2D eigenvalue weighted by atomic mass is 16.5. The van der Waals surface area contributed by atoms with Gasteiger partial charge in [0.25, 0.3) is 11.8 Å². The standard InChI is InChI=1S/C28H27N3O5/c1-19-9-8-14-23(15-19)29-24(32)18-36-28(35)22-16-25(33)31(17-22)30-27(34)26(20-10-4-2-5-11-20)21-12-6-3-7-13-21/h2-15,22,26H,16-18H2,1H3,(H,29,32)(H,30,34)/t22-/m1/s1. The van der Waals surface area contributed by atoms with E-state index in [2.05, 4.69) is 10.7 Å². The Morgan fingerprint density at radius 3 is 2.19 bits per heavy atom. The molecule has 1 aliphatic rings. The molecule has 0 aromatic heterocycles. The van der Waals surface area contributed by atoms with Gasteiger partial charge in [-0.25, -0.2) is 0 Å². The summed E-state index contributed by atoms with van der Waals surface area (Å²) < 4.78 is 5.14. The van der Waals surface area contributed by atoms with Crippen LogP contribution in [0, 0.1) is 12.8 Å². The smallest absolute Gasteiger partial charge is 0.311 e. The molecule has 1 atom stereocenters. The van der Waals surface area contributed by atoms with Crippen LogP contribution in [0.3, 0.4) is 0 Å². The van der Waals surface area contributed by atoms with Gasteiger partial charge in [0.2, 0.25) is 5.91 Å². The van der Waals surface area contributed by atoms with Crippen molar-refractivity contribution in [2.45, 2.75) is 19.3 Å². The average molecular weight is 486 g/mol. The third kappa shape index (κ3) is 6.15. The first-order chi connectivity index (χ1) is 17.4. The number of amides is 3. The maximum Gasteiger partial charge on any atom is 0.311 e. The Balaban J connectivity index is 1.34. The zero-order valence-electron chi connectivity index (χ0n) is 19.8. The van der Waals surface area contributed by atoms with Crippen LogP contribution in [0.15, 0.2) is 84.9 Å². The topological polar surface area (TPSA) is 105 Å². The van der Waals surface area contributed by atoms with Crippen LogP contribution < -0.4 is 10.7 Å². The molecule has 0 spiro atoms. The average Bonchev–Trinajstić information content (AvgIpc) is 3.24. The summed E-state index contributed by atoms with van der Waals surface area (Å²) in [7, 11) is 0. The molecule has 1 aliphatic heterocycles. The SMILES string of the molecule is Cc1cccc(NC(=O)COC(=O)[C@@H]2CC(=O)N(NC(=O)C(c3ccccc3)c3ccccc3)C2)c1. The lowest BCUT2D eigenvalue weighted by Gasteiger charge is -2.23. The number of hydrogen-bond acceptors (Lipinski definition) is 5. The number of carbonyl (C=O) groups excluding carboxylic acids is 4. The molecule has 0 aliphatic carbocycles. The maximum atomic E-state index is 13.3. The van der Waals surface area contributed by atoms with Gasteiger partial charge in [-0.2, -0.15) is 0 Å². The van der Waals surface area contributed by atoms with Crippen LogP contribution in [0.5, 0.6) is 0 Å². The second-order valence-electron chi connectivity index (χ2n) is 8.66. The van der Waals surface area contributed by atoms with Crippen LogP contribution in [0.25, 0.3) is 0 Å². The number of nitrogens with zero attached hydrogens (tertiary/aromatic N) is 1. The van der Waals surface area contributed by atoms with Gasteiger partial charge in [0, 0.05) is 12.1 Å². The minimum atomic E-state index is -0.781. The van der Waals surface area contributed by atoms with Crippen LogP contribution in [-0.4, -0.2) is 41.9 Å². The molecule has 8 heteroatoms. The van der Waals surface area contributed by atoms with Gasteiger partial charge in [0.1, 0.15) is 0 Å². The number of nitrogens with one attached hydrogen (secondary N) is 2. The summed E-state index contributed by atoms with van der Waals surface area (Å²) in [4.78, 5) is 50.5. The Hall–Kier alpha value is -4.46. The van der Waals surface area contributed by atoms with Gasteiger partial charge in [-0.05, 0) is 35.7 Å². The zero-order valence-corrected chi connectivity index (χ0v) is 19.8. The van der Waals surface area contributed by atoms with Gasteiger partial charge >= 0.3 is 5.97 Å². The van der Waals surface area contributed by atoms with Gasteiger partial charge in [-0.3, -0.25) is 29.6 Å². The summed E-state index contributed by atoms with van der Waals surface area (Å²) in [6, 6.07) is 25.8. The van der Waals surface area contributed by atoms with E-state index in [4.69, 9.17) is 4.74 Å². The number of hydrazine groups is 1. The highest BCUT2D eigenvalue weighted by Gasteiger charge is 2.37. The summed E-state index contributed by atoms with van der Waals surface area (Å²) in [5, 5.41) is 3.82. The molecule has 3 amide bonds. The first kappa shape index (κ1) is 24.7. The van der Waals surface area contributed by atoms with Crippen molar-refractivity contribution in [2.24, 2.45) is 5.92 Å². The van der Waals surface area contributed by atoms with Gasteiger partial charge < -0.3 is 10.1 Å². The molecule has 2 N–H and O–H groups in total. The van der Waals surface area contributed by atoms with Crippen molar-refractivity contribution < 1.29 is 23.9 Å². The highest BCUT2D eigenvalue weighted by molar-refractivity contribution is 5.94. The molecular weight excluding hydrogens is 458 g/mol. The second-order valence-corrected chi connectivity index (χ2v) is 8.66. The molecule has 3 aromatic rings. The fourth-order valence-corrected chi connectivity index (χ4v) is 4.13. The Bertz CT molecular complexity index is 1210. The molecule has 36 heavy (non-hydrogen) atoms. The summed E-state index contributed by atoms with van der Waals surface area (Å²) in [5.74, 6) is -3.33. The Morgan fingerprint density at radius 2 is 1.58 bits per heavy atom. The van der Waals surface area contributed by atoms with Crippen molar-refractivity contribution in [3.8, 4) is 0 Å². The van der Waals surface area contributed by atoms with E-state index in [-0.39, 0.29) is 18.9 Å². The number of anilines is 1. The summed E-state index contributed by atoms with van der Waals surface area (Å²) in [6.45, 7) is 1.41. The fraction of sp³-hybridized carbons (Fsp3) is 0.214. The van der Waals surface area contributed by atoms with Gasteiger partial charge in [-0.15, -0.1) is 0 Å². The van der Waals surface area contributed by atoms with Crippen LogP contribution in [-0.2, 0) is 23.9 Å². The number of rotatable bonds is 8. The molecule has 1 saturated heterocycles. The van der Waals surface area contributed by atoms with E-state index < -0.39 is 36.2 Å². The minimum Gasteiger partial charge on any atom is -0.455 e. The largest absolute Gasteiger partial charge is 0.455 e. The first-order valence-corrected chi connectivity index (χ1v) is 11.6. The lowest BCUT2D eigenvalue weighted by Crippen LogP contribution is -2.45. The molecule has 0 unspecified atom stereocenters. The van der Waals surface area contributed by atoms with Crippen LogP contribution in [0.4, 0.5) is 5.69 Å². The Labute approximate surface area is 209 Å². The number of aryl methyl sites for hydroxylation is 1. The minimum absolute atomic E-state index is 0.0286. The van der Waals surface area contributed by atoms with Gasteiger partial charge in [0.05, 0.1) is 18.4 Å². The van der Waals surface area contributed by atoms with E-state index in [1.807, 2.05) is 79.7 Å². The summed E-state index contributed by atoms with van der Waals surface area (Å²) in [5.41, 5.74) is 5.82. The first-order valence-electron chi connectivity index (χ1n) is 11.6. The van der Waals surface area contributed by atoms with Crippen LogP contribution in [0.2, 0.25) is 0 Å². The lowest BCUT2D eigenvalue weighted by atomic mass is 9.91. The highest BCUT2D eigenvalue weighted by Crippen LogP contribution is 2.26. The Kier molecular flexibility index (Phi) is 7.75. The number of carbonyl (C=O) groups is 4. The van der Waals surface area contributed by atoms with Crippen molar-refractivity contribution in [3.63, 3.8) is 0 Å². The van der Waals surface area contributed by atoms with Crippen molar-refractivity contribution in [1.29, 1.82) is 0 Å². The monoisotopic (exact) mass is 485 g/mol. The summed E-state index contributed by atoms with van der Waals surface area (Å²) >= 11 is 0. The predicted octanol–water partition coefficient (Wildman–Crippen LogP) is 3.19. The molecule has 184 valence electrons. The molecule has 3 aromatic carbocycles. The predicted molar refractivity (Wildman–Crippen MR) is 133 cm³/mol. The third-order valence-electron chi connectivity index (χ3n) is 5.88. The number of esters is 1. The third-order valence-corrected chi connectivity index (χ3v) is 5.88. The molecular formula is C28H27N3O5. The van der Waals surface area contributed by atoms with E-state index >= 15 is 0 Å². The number of hydrogen-bond donors (Lipinski definition) is 2.